The van der Waals surface area contributed by atoms with E-state index in [1.807, 2.05) is 32.1 Å². The van der Waals surface area contributed by atoms with E-state index in [4.69, 9.17) is 35.3 Å². The van der Waals surface area contributed by atoms with E-state index >= 15 is 0 Å². The molecular formula is C45H53Br2ClN4O10. The summed E-state index contributed by atoms with van der Waals surface area (Å²) in [5, 5.41) is 15.6. The molecule has 0 radical (unpaired) electrons. The number of unbranched alkanes of at least 4 members (excludes halogenated alkanes) is 3. The number of anilines is 1. The number of benzene rings is 2. The number of carbonyl (C=O) groups excluding carboxylic acids is 4. The quantitative estimate of drug-likeness (QED) is 0.0552. The van der Waals surface area contributed by atoms with Gasteiger partial charge in [0, 0.05) is 55.6 Å². The average Bonchev–Trinajstić information content (AvgIpc) is 4.05. The first-order chi connectivity index (χ1) is 29.7. The van der Waals surface area contributed by atoms with E-state index in [0.717, 1.165) is 34.5 Å². The number of allylic oxidation sites excluding steroid dienone is 3. The van der Waals surface area contributed by atoms with Gasteiger partial charge in [-0.1, -0.05) is 87.0 Å². The lowest BCUT2D eigenvalue weighted by Crippen LogP contribution is -2.63. The van der Waals surface area contributed by atoms with Crippen LogP contribution in [0.4, 0.5) is 10.5 Å². The summed E-state index contributed by atoms with van der Waals surface area (Å²) in [7, 11) is 4.55. The second-order valence-electron chi connectivity index (χ2n) is 16.1. The molecule has 3 aliphatic rings. The molecule has 0 aliphatic carbocycles. The Morgan fingerprint density at radius 2 is 1.73 bits per heavy atom. The SMILES string of the molecule is COc1cc2cc(c1Cl)N(C)C(=O)C[C@H](OC(=O)CCCCCCC(=O)c1ccc3nc(CBr)c(CBr)nc3c1)[C@@H]1O[C@H]1[C@H](C)[C@@H]1C[C@@](O)(NC(=O)O1)[C@H](OC)/C=C/C=C(\C)C2. The fourth-order valence-corrected chi connectivity index (χ4v) is 9.24. The number of nitrogens with one attached hydrogen (secondary N) is 1. The number of alkyl halides is 2. The number of epoxide rings is 1. The molecule has 62 heavy (non-hydrogen) atoms. The van der Waals surface area contributed by atoms with Crippen LogP contribution in [-0.4, -0.2) is 96.3 Å². The van der Waals surface area contributed by atoms with Crippen LogP contribution in [0.25, 0.3) is 11.0 Å². The zero-order chi connectivity index (χ0) is 44.7. The van der Waals surface area contributed by atoms with Crippen molar-refractivity contribution in [1.82, 2.24) is 15.3 Å². The standard InChI is InChI=1S/C45H53Br2ClN4O10/c1-25-11-10-13-38(59-5)45(57)22-37(61-44(56)51-45)26(2)42-43(62-42)36(21-39(54)52(3)33-18-27(17-25)19-35(58-4)41(33)48)60-40(55)14-9-7-6-8-12-34(53)28-15-16-29-30(20-28)50-32(24-47)31(23-46)49-29/h10-11,13,15-16,18-20,26,36-38,42-43,57H,6-9,12,14,17,21-24H2,1-5H3,(H,51,56)/b13-10+,25-11+/t26-,36+,37+,38-,42+,43+,45+/m1/s1. The molecule has 0 saturated carbocycles. The fourth-order valence-electron chi connectivity index (χ4n) is 8.02. The van der Waals surface area contributed by atoms with Crippen molar-refractivity contribution < 1.29 is 48.0 Å². The molecule has 4 bridgehead atoms. The second kappa shape index (κ2) is 21.2. The van der Waals surface area contributed by atoms with E-state index in [9.17, 15) is 24.3 Å². The number of rotatable bonds is 13. The van der Waals surface area contributed by atoms with E-state index in [0.29, 0.717) is 65.3 Å². The number of hydrogen-bond donors (Lipinski definition) is 2. The number of aliphatic hydroxyl groups is 1. The van der Waals surface area contributed by atoms with Gasteiger partial charge in [-0.25, -0.2) is 14.8 Å². The maximum atomic E-state index is 14.0. The monoisotopic (exact) mass is 1000 g/mol. The smallest absolute Gasteiger partial charge is 0.409 e. The third kappa shape index (κ3) is 11.4. The third-order valence-corrected chi connectivity index (χ3v) is 13.1. The summed E-state index contributed by atoms with van der Waals surface area (Å²) in [4.78, 5) is 64.1. The predicted molar refractivity (Wildman–Crippen MR) is 241 cm³/mol. The largest absolute Gasteiger partial charge is 0.495 e. The van der Waals surface area contributed by atoms with Crippen LogP contribution < -0.4 is 15.0 Å². The topological polar surface area (TPSA) is 179 Å². The van der Waals surface area contributed by atoms with Gasteiger partial charge in [0.25, 0.3) is 0 Å². The summed E-state index contributed by atoms with van der Waals surface area (Å²) in [5.74, 6) is -0.927. The van der Waals surface area contributed by atoms with Gasteiger partial charge in [-0.2, -0.15) is 0 Å². The molecule has 2 amide bonds. The van der Waals surface area contributed by atoms with Gasteiger partial charge in [0.1, 0.15) is 35.2 Å². The van der Waals surface area contributed by atoms with E-state index in [1.54, 1.807) is 37.4 Å². The highest BCUT2D eigenvalue weighted by atomic mass is 79.9. The number of fused-ring (bicyclic) bond motifs is 6. The van der Waals surface area contributed by atoms with Crippen molar-refractivity contribution in [2.45, 2.75) is 119 Å². The molecule has 0 spiro atoms. The summed E-state index contributed by atoms with van der Waals surface area (Å²) in [6.07, 6.45) is 3.79. The molecule has 7 atom stereocenters. The van der Waals surface area contributed by atoms with Gasteiger partial charge in [0.05, 0.1) is 47.7 Å². The first-order valence-electron chi connectivity index (χ1n) is 20.7. The number of halogens is 3. The first kappa shape index (κ1) is 47.5. The Bertz CT molecular complexity index is 2220. The average molecular weight is 1010 g/mol. The Morgan fingerprint density at radius 1 is 1.02 bits per heavy atom. The van der Waals surface area contributed by atoms with Crippen molar-refractivity contribution in [2.24, 2.45) is 5.92 Å². The normalized spacial score (nSPS) is 26.7. The van der Waals surface area contributed by atoms with Crippen molar-refractivity contribution in [3.8, 4) is 5.75 Å². The Hall–Kier alpha value is -3.93. The Morgan fingerprint density at radius 3 is 2.42 bits per heavy atom. The van der Waals surface area contributed by atoms with Crippen molar-refractivity contribution in [1.29, 1.82) is 0 Å². The van der Waals surface area contributed by atoms with Crippen LogP contribution in [0.15, 0.2) is 54.1 Å². The zero-order valence-corrected chi connectivity index (χ0v) is 39.4. The van der Waals surface area contributed by atoms with E-state index in [2.05, 4.69) is 47.1 Å². The fraction of sp³-hybridized carbons (Fsp3) is 0.511. The van der Waals surface area contributed by atoms with Gasteiger partial charge in [-0.05, 0) is 62.1 Å². The van der Waals surface area contributed by atoms with Gasteiger partial charge in [0.15, 0.2) is 11.5 Å². The van der Waals surface area contributed by atoms with Gasteiger partial charge < -0.3 is 33.7 Å². The minimum absolute atomic E-state index is 0.0141. The molecule has 0 unspecified atom stereocenters. The Labute approximate surface area is 383 Å². The number of aromatic nitrogens is 2. The predicted octanol–water partition coefficient (Wildman–Crippen LogP) is 8.23. The lowest BCUT2D eigenvalue weighted by molar-refractivity contribution is -0.151. The maximum absolute atomic E-state index is 14.0. The van der Waals surface area contributed by atoms with E-state index in [-0.39, 0.29) is 36.0 Å². The highest BCUT2D eigenvalue weighted by Crippen LogP contribution is 2.42. The van der Waals surface area contributed by atoms with Gasteiger partial charge in [0.2, 0.25) is 5.91 Å². The Balaban J connectivity index is 1.12. The van der Waals surface area contributed by atoms with Crippen molar-refractivity contribution in [2.75, 3.05) is 26.2 Å². The molecule has 1 aromatic heterocycles. The van der Waals surface area contributed by atoms with E-state index in [1.165, 1.54) is 19.1 Å². The minimum Gasteiger partial charge on any atom is -0.495 e. The number of amides is 2. The van der Waals surface area contributed by atoms with Crippen LogP contribution in [-0.2, 0) is 45.6 Å². The van der Waals surface area contributed by atoms with Crippen LogP contribution in [0.5, 0.6) is 5.75 Å². The molecule has 3 aliphatic heterocycles. The summed E-state index contributed by atoms with van der Waals surface area (Å²) in [6.45, 7) is 3.76. The number of alkyl carbamates (subject to hydrolysis) is 1. The van der Waals surface area contributed by atoms with E-state index < -0.39 is 54.2 Å². The number of methoxy groups -OCH3 is 2. The van der Waals surface area contributed by atoms with Gasteiger partial charge in [-0.15, -0.1) is 0 Å². The van der Waals surface area contributed by atoms with Gasteiger partial charge in [-0.3, -0.25) is 19.7 Å². The molecule has 6 rings (SSSR count). The minimum atomic E-state index is -1.80. The van der Waals surface area contributed by atoms with Crippen molar-refractivity contribution >= 4 is 83.9 Å². The number of hydrogen-bond acceptors (Lipinski definition) is 12. The molecule has 2 aromatic carbocycles. The lowest BCUT2D eigenvalue weighted by atomic mass is 9.87. The molecule has 17 heteroatoms. The molecule has 2 fully saturated rings. The van der Waals surface area contributed by atoms with Crippen LogP contribution in [0, 0.1) is 5.92 Å². The first-order valence-corrected chi connectivity index (χ1v) is 23.3. The molecule has 14 nitrogen and oxygen atoms in total. The molecule has 334 valence electrons. The molecule has 4 heterocycles. The second-order valence-corrected chi connectivity index (χ2v) is 17.6. The maximum Gasteiger partial charge on any atom is 0.409 e. The zero-order valence-electron chi connectivity index (χ0n) is 35.5. The highest BCUT2D eigenvalue weighted by molar-refractivity contribution is 9.09. The highest BCUT2D eigenvalue weighted by Gasteiger charge is 2.56. The summed E-state index contributed by atoms with van der Waals surface area (Å²) < 4.78 is 29.0. The molecule has 2 N–H and O–H groups in total. The Kier molecular flexibility index (Phi) is 16.2. The summed E-state index contributed by atoms with van der Waals surface area (Å²) in [6, 6.07) is 9.01. The molecule has 2 saturated heterocycles. The van der Waals surface area contributed by atoms with Crippen LogP contribution >= 0.6 is 43.5 Å². The lowest BCUT2D eigenvalue weighted by Gasteiger charge is -2.41. The van der Waals surface area contributed by atoms with Crippen LogP contribution in [0.1, 0.15) is 92.5 Å². The van der Waals surface area contributed by atoms with Crippen LogP contribution in [0.2, 0.25) is 5.02 Å². The number of Topliss-reactive ketones (excluding diaryl/α,β-unsaturated/α-hetero) is 1. The van der Waals surface area contributed by atoms with Crippen LogP contribution in [0.3, 0.4) is 0 Å². The number of ether oxygens (including phenoxy) is 5. The number of ketones is 1. The summed E-state index contributed by atoms with van der Waals surface area (Å²) in [5.41, 5.74) is 4.04. The number of nitrogens with zero attached hydrogens (tertiary/aromatic N) is 3. The molecular weight excluding hydrogens is 952 g/mol. The number of carbonyl (C=O) groups is 4. The van der Waals surface area contributed by atoms with Gasteiger partial charge >= 0.3 is 12.1 Å². The summed E-state index contributed by atoms with van der Waals surface area (Å²) >= 11 is 13.7. The van der Waals surface area contributed by atoms with Crippen molar-refractivity contribution in [3.05, 3.63) is 81.7 Å². The molecule has 3 aromatic rings. The third-order valence-electron chi connectivity index (χ3n) is 11.6. The van der Waals surface area contributed by atoms with Crippen molar-refractivity contribution in [3.63, 3.8) is 0 Å². The number of esters is 1.